The van der Waals surface area contributed by atoms with E-state index in [-0.39, 0.29) is 17.9 Å². The van der Waals surface area contributed by atoms with Crippen molar-refractivity contribution in [1.29, 1.82) is 0 Å². The molecule has 1 fully saturated rings. The number of nitrogens with one attached hydrogen (secondary N) is 3. The van der Waals surface area contributed by atoms with Crippen LogP contribution < -0.4 is 16.0 Å². The van der Waals surface area contributed by atoms with Crippen LogP contribution in [-0.2, 0) is 11.2 Å². The lowest BCUT2D eigenvalue weighted by Crippen LogP contribution is -2.56. The number of pyridine rings is 1. The largest absolute Gasteiger partial charge is 0.354 e. The first-order valence-corrected chi connectivity index (χ1v) is 7.88. The van der Waals surface area contributed by atoms with Crippen molar-refractivity contribution in [1.82, 2.24) is 25.3 Å². The molecular formula is C16H21N5O2. The van der Waals surface area contributed by atoms with Crippen LogP contribution in [0.5, 0.6) is 0 Å². The fourth-order valence-electron chi connectivity index (χ4n) is 2.77. The number of aromatic nitrogens is 2. The number of piperidine rings is 1. The van der Waals surface area contributed by atoms with Gasteiger partial charge in [-0.05, 0) is 24.5 Å². The highest BCUT2D eigenvalue weighted by atomic mass is 16.2. The molecule has 1 aliphatic rings. The predicted octanol–water partition coefficient (Wildman–Crippen LogP) is 0.701. The van der Waals surface area contributed by atoms with Crippen molar-refractivity contribution >= 4 is 17.6 Å². The van der Waals surface area contributed by atoms with Crippen LogP contribution in [0.1, 0.15) is 19.0 Å². The molecule has 2 aromatic heterocycles. The minimum absolute atomic E-state index is 0.112. The molecule has 122 valence electrons. The Morgan fingerprint density at radius 1 is 1.48 bits per heavy atom. The molecular weight excluding hydrogens is 294 g/mol. The van der Waals surface area contributed by atoms with E-state index in [0.717, 1.165) is 17.8 Å². The topological polar surface area (TPSA) is 87.5 Å². The molecule has 0 bridgehead atoms. The van der Waals surface area contributed by atoms with Gasteiger partial charge in [0, 0.05) is 31.9 Å². The van der Waals surface area contributed by atoms with E-state index in [1.165, 1.54) is 0 Å². The number of carbonyl (C=O) groups is 2. The fraction of sp³-hybridized carbons (Fsp3) is 0.438. The van der Waals surface area contributed by atoms with E-state index in [0.29, 0.717) is 19.5 Å². The molecule has 0 aromatic carbocycles. The SMILES string of the molecule is CC1CCNC(=O)C1NC(=O)NCCc1cn2ccccc2n1. The van der Waals surface area contributed by atoms with Crippen LogP contribution in [0.4, 0.5) is 4.79 Å². The number of hydrogen-bond donors (Lipinski definition) is 3. The van der Waals surface area contributed by atoms with E-state index >= 15 is 0 Å². The smallest absolute Gasteiger partial charge is 0.315 e. The number of rotatable bonds is 4. The maximum atomic E-state index is 11.9. The Morgan fingerprint density at radius 2 is 2.35 bits per heavy atom. The first-order chi connectivity index (χ1) is 11.1. The van der Waals surface area contributed by atoms with Gasteiger partial charge < -0.3 is 20.4 Å². The van der Waals surface area contributed by atoms with Crippen molar-refractivity contribution in [2.24, 2.45) is 5.92 Å². The normalized spacial score (nSPS) is 21.0. The van der Waals surface area contributed by atoms with Gasteiger partial charge in [0.1, 0.15) is 11.7 Å². The van der Waals surface area contributed by atoms with Gasteiger partial charge in [0.2, 0.25) is 5.91 Å². The molecule has 2 unspecified atom stereocenters. The van der Waals surface area contributed by atoms with E-state index in [2.05, 4.69) is 20.9 Å². The van der Waals surface area contributed by atoms with Gasteiger partial charge in [-0.25, -0.2) is 9.78 Å². The second-order valence-electron chi connectivity index (χ2n) is 5.88. The second kappa shape index (κ2) is 6.68. The van der Waals surface area contributed by atoms with Crippen LogP contribution in [0.25, 0.3) is 5.65 Å². The molecule has 3 amide bonds. The zero-order valence-electron chi connectivity index (χ0n) is 13.1. The van der Waals surface area contributed by atoms with Gasteiger partial charge in [-0.15, -0.1) is 0 Å². The highest BCUT2D eigenvalue weighted by molar-refractivity contribution is 5.87. The van der Waals surface area contributed by atoms with E-state index in [1.807, 2.05) is 41.9 Å². The Kier molecular flexibility index (Phi) is 4.45. The number of fused-ring (bicyclic) bond motifs is 1. The average molecular weight is 315 g/mol. The van der Waals surface area contributed by atoms with Crippen LogP contribution in [-0.4, -0.2) is 40.5 Å². The lowest BCUT2D eigenvalue weighted by molar-refractivity contribution is -0.125. The Labute approximate surface area is 134 Å². The van der Waals surface area contributed by atoms with Crippen LogP contribution in [0.3, 0.4) is 0 Å². The number of imidazole rings is 1. The molecule has 7 heteroatoms. The average Bonchev–Trinajstić information content (AvgIpc) is 2.94. The number of carbonyl (C=O) groups excluding carboxylic acids is 2. The van der Waals surface area contributed by atoms with Gasteiger partial charge in [0.15, 0.2) is 0 Å². The van der Waals surface area contributed by atoms with Crippen molar-refractivity contribution in [2.45, 2.75) is 25.8 Å². The summed E-state index contributed by atoms with van der Waals surface area (Å²) in [7, 11) is 0. The van der Waals surface area contributed by atoms with Gasteiger partial charge in [0.05, 0.1) is 5.69 Å². The first-order valence-electron chi connectivity index (χ1n) is 7.88. The highest BCUT2D eigenvalue weighted by Gasteiger charge is 2.29. The number of amides is 3. The molecule has 2 aromatic rings. The molecule has 0 spiro atoms. The summed E-state index contributed by atoms with van der Waals surface area (Å²) in [6, 6.07) is 5.04. The third kappa shape index (κ3) is 3.61. The molecule has 1 saturated heterocycles. The van der Waals surface area contributed by atoms with Crippen LogP contribution >= 0.6 is 0 Å². The van der Waals surface area contributed by atoms with Crippen molar-refractivity contribution in [3.05, 3.63) is 36.3 Å². The number of hydrogen-bond acceptors (Lipinski definition) is 3. The Morgan fingerprint density at radius 3 is 3.13 bits per heavy atom. The molecule has 23 heavy (non-hydrogen) atoms. The summed E-state index contributed by atoms with van der Waals surface area (Å²) in [5.41, 5.74) is 1.81. The minimum atomic E-state index is -0.459. The van der Waals surface area contributed by atoms with Gasteiger partial charge in [-0.2, -0.15) is 0 Å². The van der Waals surface area contributed by atoms with Gasteiger partial charge >= 0.3 is 6.03 Å². The van der Waals surface area contributed by atoms with E-state index in [4.69, 9.17) is 0 Å². The zero-order valence-corrected chi connectivity index (χ0v) is 13.1. The van der Waals surface area contributed by atoms with Crippen molar-refractivity contribution < 1.29 is 9.59 Å². The summed E-state index contributed by atoms with van der Waals surface area (Å²) >= 11 is 0. The quantitative estimate of drug-likeness (QED) is 0.776. The highest BCUT2D eigenvalue weighted by Crippen LogP contribution is 2.12. The summed E-state index contributed by atoms with van der Waals surface area (Å²) in [5, 5.41) is 8.30. The molecule has 3 heterocycles. The summed E-state index contributed by atoms with van der Waals surface area (Å²) in [4.78, 5) is 28.2. The molecule has 0 saturated carbocycles. The molecule has 0 aliphatic carbocycles. The molecule has 1 aliphatic heterocycles. The van der Waals surface area contributed by atoms with E-state index < -0.39 is 6.04 Å². The summed E-state index contributed by atoms with van der Waals surface area (Å²) < 4.78 is 1.95. The lowest BCUT2D eigenvalue weighted by atomic mass is 9.94. The Bertz CT molecular complexity index is 678. The Balaban J connectivity index is 1.48. The predicted molar refractivity (Wildman–Crippen MR) is 86.0 cm³/mol. The minimum Gasteiger partial charge on any atom is -0.354 e. The molecule has 3 N–H and O–H groups in total. The van der Waals surface area contributed by atoms with Crippen molar-refractivity contribution in [3.8, 4) is 0 Å². The third-order valence-electron chi connectivity index (χ3n) is 4.12. The summed E-state index contributed by atoms with van der Waals surface area (Å²) in [6.45, 7) is 3.12. The van der Waals surface area contributed by atoms with Crippen molar-refractivity contribution in [2.75, 3.05) is 13.1 Å². The summed E-state index contributed by atoms with van der Waals surface area (Å²) in [6.07, 6.45) is 5.40. The number of nitrogens with zero attached hydrogens (tertiary/aromatic N) is 2. The Hall–Kier alpha value is -2.57. The monoisotopic (exact) mass is 315 g/mol. The second-order valence-corrected chi connectivity index (χ2v) is 5.88. The standard InChI is InChI=1S/C16H21N5O2/c1-11-5-7-17-15(22)14(11)20-16(23)18-8-6-12-10-21-9-3-2-4-13(21)19-12/h2-4,9-11,14H,5-8H2,1H3,(H,17,22)(H2,18,20,23). The van der Waals surface area contributed by atoms with E-state index in [9.17, 15) is 9.59 Å². The maximum Gasteiger partial charge on any atom is 0.315 e. The van der Waals surface area contributed by atoms with Gasteiger partial charge in [0.25, 0.3) is 0 Å². The zero-order chi connectivity index (χ0) is 16.2. The van der Waals surface area contributed by atoms with Crippen LogP contribution in [0.2, 0.25) is 0 Å². The molecule has 0 radical (unpaired) electrons. The molecule has 2 atom stereocenters. The molecule has 3 rings (SSSR count). The first kappa shape index (κ1) is 15.3. The van der Waals surface area contributed by atoms with Crippen molar-refractivity contribution in [3.63, 3.8) is 0 Å². The maximum absolute atomic E-state index is 11.9. The van der Waals surface area contributed by atoms with Gasteiger partial charge in [-0.1, -0.05) is 13.0 Å². The van der Waals surface area contributed by atoms with Crippen LogP contribution in [0, 0.1) is 5.92 Å². The van der Waals surface area contributed by atoms with E-state index in [1.54, 1.807) is 0 Å². The van der Waals surface area contributed by atoms with Gasteiger partial charge in [-0.3, -0.25) is 4.79 Å². The lowest BCUT2D eigenvalue weighted by Gasteiger charge is -2.28. The fourth-order valence-corrected chi connectivity index (χ4v) is 2.77. The summed E-state index contributed by atoms with van der Waals surface area (Å²) in [5.74, 6) is 0.0344. The number of urea groups is 1. The third-order valence-corrected chi connectivity index (χ3v) is 4.12. The molecule has 7 nitrogen and oxygen atoms in total. The van der Waals surface area contributed by atoms with Crippen LogP contribution in [0.15, 0.2) is 30.6 Å².